The first-order valence-electron chi connectivity index (χ1n) is 8.18. The first-order valence-corrected chi connectivity index (χ1v) is 8.18. The number of hydrogen-bond donors (Lipinski definition) is 3. The van der Waals surface area contributed by atoms with E-state index in [4.69, 9.17) is 15.3 Å². The van der Waals surface area contributed by atoms with Crippen LogP contribution in [-0.2, 0) is 19.1 Å². The second kappa shape index (κ2) is 11.8. The summed E-state index contributed by atoms with van der Waals surface area (Å²) in [7, 11) is 11.3. The normalized spacial score (nSPS) is 15.0. The number of rotatable bonds is 10. The molecule has 0 aromatic carbocycles. The summed E-state index contributed by atoms with van der Waals surface area (Å²) in [5.74, 6) is -4.30. The number of aliphatic hydroxyl groups excluding tert-OH is 3. The van der Waals surface area contributed by atoms with Crippen molar-refractivity contribution in [3.05, 3.63) is 0 Å². The standard InChI is InChI=1S/C9H17NO6.C7H15NO3/c1-10(2,3)4-5-16-9(15)7(12)6(11)8(13)14;1-8(2,3)5-6(9)4-7(10)11/h6-7,11-12H,4-5H2,1-3H3;6,9H,4-5H2,1-3H3. The lowest BCUT2D eigenvalue weighted by Crippen LogP contribution is -2.48. The third-order valence-corrected chi connectivity index (χ3v) is 2.95. The van der Waals surface area contributed by atoms with Gasteiger partial charge in [-0.05, 0) is 0 Å². The molecule has 3 N–H and O–H groups in total. The van der Waals surface area contributed by atoms with E-state index in [1.807, 2.05) is 42.3 Å². The van der Waals surface area contributed by atoms with Crippen molar-refractivity contribution in [2.24, 2.45) is 0 Å². The number of carbonyl (C=O) groups excluding carboxylic acids is 3. The van der Waals surface area contributed by atoms with Gasteiger partial charge < -0.3 is 48.8 Å². The van der Waals surface area contributed by atoms with E-state index in [0.717, 1.165) is 0 Å². The Morgan fingerprint density at radius 1 is 0.889 bits per heavy atom. The predicted molar refractivity (Wildman–Crippen MR) is 89.4 cm³/mol. The van der Waals surface area contributed by atoms with Crippen LogP contribution in [0.15, 0.2) is 0 Å². The zero-order valence-corrected chi connectivity index (χ0v) is 16.7. The van der Waals surface area contributed by atoms with Crippen LogP contribution in [0.1, 0.15) is 6.42 Å². The summed E-state index contributed by atoms with van der Waals surface area (Å²) in [5, 5.41) is 47.1. The average molecular weight is 396 g/mol. The van der Waals surface area contributed by atoms with E-state index in [2.05, 4.69) is 4.74 Å². The summed E-state index contributed by atoms with van der Waals surface area (Å²) in [6, 6.07) is 0. The van der Waals surface area contributed by atoms with Crippen LogP contribution in [0, 0.1) is 0 Å². The third kappa shape index (κ3) is 17.4. The second-order valence-corrected chi connectivity index (χ2v) is 8.09. The first-order chi connectivity index (χ1) is 12.0. The summed E-state index contributed by atoms with van der Waals surface area (Å²) < 4.78 is 5.69. The SMILES string of the molecule is C[N+](C)(C)CC(O)CC(=O)[O-].C[N+](C)(C)CCOC(=O)C(O)C(O)C(=O)[O-]. The molecule has 11 heteroatoms. The highest BCUT2D eigenvalue weighted by Gasteiger charge is 2.27. The van der Waals surface area contributed by atoms with E-state index in [9.17, 15) is 24.6 Å². The van der Waals surface area contributed by atoms with Crippen LogP contribution in [0.2, 0.25) is 0 Å². The lowest BCUT2D eigenvalue weighted by Gasteiger charge is -2.26. The zero-order valence-electron chi connectivity index (χ0n) is 16.7. The Hall–Kier alpha value is -1.79. The van der Waals surface area contributed by atoms with Gasteiger partial charge in [0.15, 0.2) is 6.10 Å². The Kier molecular flexibility index (Phi) is 12.0. The number of carboxylic acid groups (broad SMARTS) is 2. The molecular weight excluding hydrogens is 364 g/mol. The number of quaternary nitrogens is 2. The highest BCUT2D eigenvalue weighted by Crippen LogP contribution is 1.98. The number of nitrogens with zero attached hydrogens (tertiary/aromatic N) is 2. The molecule has 0 aromatic rings. The van der Waals surface area contributed by atoms with Crippen molar-refractivity contribution in [2.45, 2.75) is 24.7 Å². The highest BCUT2D eigenvalue weighted by molar-refractivity contribution is 5.83. The van der Waals surface area contributed by atoms with E-state index < -0.39 is 36.2 Å². The number of ether oxygens (including phenoxy) is 1. The molecule has 0 spiro atoms. The van der Waals surface area contributed by atoms with Crippen LogP contribution in [0.5, 0.6) is 0 Å². The van der Waals surface area contributed by atoms with Gasteiger partial charge in [-0.25, -0.2) is 4.79 Å². The van der Waals surface area contributed by atoms with Crippen molar-refractivity contribution in [2.75, 3.05) is 62.0 Å². The van der Waals surface area contributed by atoms with Gasteiger partial charge in [-0.3, -0.25) is 0 Å². The topological polar surface area (TPSA) is 167 Å². The van der Waals surface area contributed by atoms with Crippen LogP contribution in [0.3, 0.4) is 0 Å². The highest BCUT2D eigenvalue weighted by atomic mass is 16.6. The molecule has 0 aromatic heterocycles. The molecule has 0 fully saturated rings. The van der Waals surface area contributed by atoms with Crippen molar-refractivity contribution in [3.8, 4) is 0 Å². The molecule has 3 atom stereocenters. The quantitative estimate of drug-likeness (QED) is 0.242. The monoisotopic (exact) mass is 396 g/mol. The van der Waals surface area contributed by atoms with Crippen molar-refractivity contribution in [1.82, 2.24) is 0 Å². The molecule has 0 amide bonds. The number of carboxylic acids is 2. The molecule has 0 radical (unpaired) electrons. The van der Waals surface area contributed by atoms with Crippen LogP contribution in [0.25, 0.3) is 0 Å². The molecule has 0 aliphatic heterocycles. The van der Waals surface area contributed by atoms with Gasteiger partial charge in [0.05, 0.1) is 48.3 Å². The molecule has 27 heavy (non-hydrogen) atoms. The number of aliphatic hydroxyl groups is 3. The maximum absolute atomic E-state index is 11.0. The second-order valence-electron chi connectivity index (χ2n) is 8.09. The molecule has 0 rings (SSSR count). The number of aliphatic carboxylic acids is 2. The van der Waals surface area contributed by atoms with Crippen molar-refractivity contribution >= 4 is 17.9 Å². The number of hydrogen-bond acceptors (Lipinski definition) is 9. The van der Waals surface area contributed by atoms with Crippen LogP contribution >= 0.6 is 0 Å². The maximum Gasteiger partial charge on any atom is 0.338 e. The van der Waals surface area contributed by atoms with Crippen LogP contribution in [0.4, 0.5) is 0 Å². The fraction of sp³-hybridized carbons (Fsp3) is 0.812. The Morgan fingerprint density at radius 2 is 1.37 bits per heavy atom. The van der Waals surface area contributed by atoms with E-state index in [0.29, 0.717) is 22.1 Å². The van der Waals surface area contributed by atoms with Gasteiger partial charge in [0.25, 0.3) is 0 Å². The fourth-order valence-electron chi connectivity index (χ4n) is 1.65. The van der Waals surface area contributed by atoms with Crippen molar-refractivity contribution in [1.29, 1.82) is 0 Å². The van der Waals surface area contributed by atoms with Crippen LogP contribution in [-0.4, -0.2) is 122 Å². The summed E-state index contributed by atoms with van der Waals surface area (Å²) >= 11 is 0. The molecule has 0 heterocycles. The van der Waals surface area contributed by atoms with Crippen molar-refractivity contribution < 1.29 is 53.6 Å². The Balaban J connectivity index is 0. The number of carbonyl (C=O) groups is 3. The number of likely N-dealkylation sites (N-methyl/N-ethyl adjacent to an activating group) is 2. The molecule has 0 saturated carbocycles. The Morgan fingerprint density at radius 3 is 1.70 bits per heavy atom. The summed E-state index contributed by atoms with van der Waals surface area (Å²) in [4.78, 5) is 31.2. The van der Waals surface area contributed by atoms with E-state index in [1.165, 1.54) is 0 Å². The van der Waals surface area contributed by atoms with Gasteiger partial charge in [0.2, 0.25) is 0 Å². The molecule has 0 bridgehead atoms. The zero-order chi connectivity index (χ0) is 22.0. The van der Waals surface area contributed by atoms with Crippen molar-refractivity contribution in [3.63, 3.8) is 0 Å². The lowest BCUT2D eigenvalue weighted by atomic mass is 10.2. The minimum absolute atomic E-state index is 0.0269. The van der Waals surface area contributed by atoms with Gasteiger partial charge in [-0.1, -0.05) is 0 Å². The lowest BCUT2D eigenvalue weighted by molar-refractivity contribution is -0.873. The number of esters is 1. The average Bonchev–Trinajstić information content (AvgIpc) is 2.41. The van der Waals surface area contributed by atoms with Gasteiger partial charge in [-0.2, -0.15) is 0 Å². The van der Waals surface area contributed by atoms with E-state index >= 15 is 0 Å². The van der Waals surface area contributed by atoms with Crippen LogP contribution < -0.4 is 10.2 Å². The van der Waals surface area contributed by atoms with E-state index in [-0.39, 0.29) is 13.0 Å². The van der Waals surface area contributed by atoms with E-state index in [1.54, 1.807) is 0 Å². The van der Waals surface area contributed by atoms with Gasteiger partial charge >= 0.3 is 5.97 Å². The Bertz CT molecular complexity index is 483. The minimum Gasteiger partial charge on any atom is -0.550 e. The largest absolute Gasteiger partial charge is 0.550 e. The van der Waals surface area contributed by atoms with Gasteiger partial charge in [0, 0.05) is 12.4 Å². The molecule has 0 aliphatic rings. The van der Waals surface area contributed by atoms with Gasteiger partial charge in [-0.15, -0.1) is 0 Å². The predicted octanol–water partition coefficient (Wildman–Crippen LogP) is -5.10. The molecule has 11 nitrogen and oxygen atoms in total. The molecule has 0 aliphatic carbocycles. The fourth-order valence-corrected chi connectivity index (χ4v) is 1.65. The van der Waals surface area contributed by atoms with Gasteiger partial charge in [0.1, 0.15) is 31.9 Å². The first kappa shape index (κ1) is 27.4. The molecule has 0 saturated heterocycles. The third-order valence-electron chi connectivity index (χ3n) is 2.95. The summed E-state index contributed by atoms with van der Waals surface area (Å²) in [6.45, 7) is 0.951. The summed E-state index contributed by atoms with van der Waals surface area (Å²) in [6.07, 6.45) is -5.47. The molecular formula is C16H32N2O9. The Labute approximate surface area is 159 Å². The maximum atomic E-state index is 11.0. The smallest absolute Gasteiger partial charge is 0.338 e. The molecule has 3 unspecified atom stereocenters. The molecule has 160 valence electrons. The summed E-state index contributed by atoms with van der Waals surface area (Å²) in [5.41, 5.74) is 0. The minimum atomic E-state index is -2.27.